The van der Waals surface area contributed by atoms with Gasteiger partial charge in [-0.05, 0) is 56.6 Å². The Morgan fingerprint density at radius 3 is 2.83 bits per heavy atom. The SMILES string of the molecule is C[C@@H]1CCCCN1c1[nH+]cnc2c1sc1nc(N3CCOCC3)c3c(c12)CCC3. The molecule has 3 aromatic rings. The zero-order chi connectivity index (χ0) is 19.4. The second-order valence-corrected chi connectivity index (χ2v) is 9.59. The Morgan fingerprint density at radius 2 is 1.97 bits per heavy atom. The van der Waals surface area contributed by atoms with E-state index in [1.807, 2.05) is 17.7 Å². The minimum Gasteiger partial charge on any atom is -0.378 e. The molecule has 2 aliphatic heterocycles. The van der Waals surface area contributed by atoms with Gasteiger partial charge in [0, 0.05) is 13.1 Å². The van der Waals surface area contributed by atoms with Crippen molar-refractivity contribution in [3.05, 3.63) is 17.5 Å². The number of H-pyrrole nitrogens is 1. The van der Waals surface area contributed by atoms with Crippen molar-refractivity contribution in [2.45, 2.75) is 51.5 Å². The molecule has 6 rings (SSSR count). The van der Waals surface area contributed by atoms with Gasteiger partial charge in [-0.2, -0.15) is 0 Å². The molecule has 0 amide bonds. The smallest absolute Gasteiger partial charge is 0.242 e. The number of aromatic nitrogens is 3. The lowest BCUT2D eigenvalue weighted by molar-refractivity contribution is -0.367. The lowest BCUT2D eigenvalue weighted by Gasteiger charge is -2.29. The van der Waals surface area contributed by atoms with Gasteiger partial charge in [0.05, 0.1) is 31.2 Å². The summed E-state index contributed by atoms with van der Waals surface area (Å²) in [4.78, 5) is 19.7. The average Bonchev–Trinajstić information content (AvgIpc) is 3.38. The van der Waals surface area contributed by atoms with Crippen LogP contribution in [0, 0.1) is 0 Å². The fraction of sp³-hybridized carbons (Fsp3) is 0.591. The number of piperidine rings is 1. The van der Waals surface area contributed by atoms with Crippen LogP contribution in [0.15, 0.2) is 6.33 Å². The Balaban J connectivity index is 1.56. The summed E-state index contributed by atoms with van der Waals surface area (Å²) >= 11 is 1.82. The predicted octanol–water partition coefficient (Wildman–Crippen LogP) is 3.36. The maximum absolute atomic E-state index is 5.58. The van der Waals surface area contributed by atoms with Crippen molar-refractivity contribution in [1.29, 1.82) is 0 Å². The first-order chi connectivity index (χ1) is 14.3. The zero-order valence-corrected chi connectivity index (χ0v) is 17.9. The van der Waals surface area contributed by atoms with E-state index in [0.717, 1.165) is 56.0 Å². The molecule has 2 saturated heterocycles. The Labute approximate surface area is 174 Å². The van der Waals surface area contributed by atoms with Crippen LogP contribution in [-0.4, -0.2) is 48.9 Å². The number of nitrogens with one attached hydrogen (secondary N) is 1. The second kappa shape index (κ2) is 7.06. The molecule has 3 aromatic heterocycles. The molecule has 1 aliphatic carbocycles. The van der Waals surface area contributed by atoms with Gasteiger partial charge in [0.2, 0.25) is 12.1 Å². The van der Waals surface area contributed by atoms with Gasteiger partial charge in [0.25, 0.3) is 0 Å². The lowest BCUT2D eigenvalue weighted by Crippen LogP contribution is -2.40. The summed E-state index contributed by atoms with van der Waals surface area (Å²) in [5.74, 6) is 2.45. The Kier molecular flexibility index (Phi) is 4.34. The van der Waals surface area contributed by atoms with Crippen molar-refractivity contribution in [3.8, 4) is 0 Å². The van der Waals surface area contributed by atoms with Gasteiger partial charge in [0.1, 0.15) is 15.3 Å². The van der Waals surface area contributed by atoms with Crippen LogP contribution in [0.2, 0.25) is 0 Å². The summed E-state index contributed by atoms with van der Waals surface area (Å²) in [6, 6.07) is 0.568. The molecule has 0 spiro atoms. The number of nitrogens with zero attached hydrogens (tertiary/aromatic N) is 4. The van der Waals surface area contributed by atoms with Gasteiger partial charge in [-0.1, -0.05) is 0 Å². The van der Waals surface area contributed by atoms with E-state index in [1.165, 1.54) is 58.5 Å². The van der Waals surface area contributed by atoms with Crippen LogP contribution in [0.3, 0.4) is 0 Å². The number of rotatable bonds is 2. The molecule has 152 valence electrons. The van der Waals surface area contributed by atoms with Gasteiger partial charge in [0.15, 0.2) is 5.52 Å². The third-order valence-corrected chi connectivity index (χ3v) is 7.95. The topological polar surface area (TPSA) is 55.6 Å². The van der Waals surface area contributed by atoms with Gasteiger partial charge >= 0.3 is 0 Å². The summed E-state index contributed by atoms with van der Waals surface area (Å²) in [7, 11) is 0. The molecule has 7 heteroatoms. The minimum atomic E-state index is 0.568. The molecule has 0 radical (unpaired) electrons. The lowest BCUT2D eigenvalue weighted by atomic mass is 10.0. The third kappa shape index (κ3) is 2.81. The highest BCUT2D eigenvalue weighted by molar-refractivity contribution is 7.26. The maximum atomic E-state index is 5.58. The molecule has 1 atom stereocenters. The molecule has 0 aromatic carbocycles. The molecular formula is C22H28N5OS+. The normalized spacial score (nSPS) is 22.6. The van der Waals surface area contributed by atoms with E-state index < -0.39 is 0 Å². The molecule has 0 unspecified atom stereocenters. The molecule has 5 heterocycles. The van der Waals surface area contributed by atoms with E-state index in [0.29, 0.717) is 6.04 Å². The zero-order valence-electron chi connectivity index (χ0n) is 17.0. The van der Waals surface area contributed by atoms with Crippen LogP contribution in [0.4, 0.5) is 11.6 Å². The van der Waals surface area contributed by atoms with Gasteiger partial charge in [-0.25, -0.2) is 9.97 Å². The van der Waals surface area contributed by atoms with Crippen molar-refractivity contribution in [3.63, 3.8) is 0 Å². The average molecular weight is 411 g/mol. The molecule has 2 fully saturated rings. The van der Waals surface area contributed by atoms with Gasteiger partial charge in [-0.15, -0.1) is 16.3 Å². The molecule has 29 heavy (non-hydrogen) atoms. The van der Waals surface area contributed by atoms with E-state index in [2.05, 4.69) is 21.7 Å². The summed E-state index contributed by atoms with van der Waals surface area (Å²) < 4.78 is 6.86. The Bertz CT molecular complexity index is 1070. The maximum Gasteiger partial charge on any atom is 0.242 e. The van der Waals surface area contributed by atoms with Crippen LogP contribution in [0.25, 0.3) is 20.4 Å². The van der Waals surface area contributed by atoms with Crippen molar-refractivity contribution < 1.29 is 9.72 Å². The number of thiophene rings is 1. The van der Waals surface area contributed by atoms with Crippen LogP contribution >= 0.6 is 11.3 Å². The first kappa shape index (κ1) is 17.8. The summed E-state index contributed by atoms with van der Waals surface area (Å²) in [5, 5.41) is 1.31. The van der Waals surface area contributed by atoms with Crippen molar-refractivity contribution >= 4 is 43.4 Å². The molecule has 1 N–H and O–H groups in total. The van der Waals surface area contributed by atoms with Crippen LogP contribution in [0.1, 0.15) is 43.7 Å². The number of aromatic amines is 1. The highest BCUT2D eigenvalue weighted by Crippen LogP contribution is 2.43. The van der Waals surface area contributed by atoms with E-state index in [4.69, 9.17) is 14.7 Å². The third-order valence-electron chi connectivity index (χ3n) is 6.87. The summed E-state index contributed by atoms with van der Waals surface area (Å²) in [5.41, 5.74) is 4.11. The van der Waals surface area contributed by atoms with Gasteiger partial charge in [-0.3, -0.25) is 4.90 Å². The van der Waals surface area contributed by atoms with Gasteiger partial charge < -0.3 is 9.64 Å². The largest absolute Gasteiger partial charge is 0.378 e. The number of hydrogen-bond acceptors (Lipinski definition) is 6. The molecule has 0 bridgehead atoms. The van der Waals surface area contributed by atoms with E-state index in [-0.39, 0.29) is 0 Å². The number of anilines is 2. The first-order valence-corrected chi connectivity index (χ1v) is 11.9. The van der Waals surface area contributed by atoms with Crippen LogP contribution in [0.5, 0.6) is 0 Å². The number of pyridine rings is 1. The highest BCUT2D eigenvalue weighted by atomic mass is 32.1. The Morgan fingerprint density at radius 1 is 1.10 bits per heavy atom. The number of morpholine rings is 1. The van der Waals surface area contributed by atoms with Crippen molar-refractivity contribution in [2.24, 2.45) is 0 Å². The monoisotopic (exact) mass is 410 g/mol. The number of hydrogen-bond donors (Lipinski definition) is 0. The van der Waals surface area contributed by atoms with E-state index in [1.54, 1.807) is 0 Å². The fourth-order valence-electron chi connectivity index (χ4n) is 5.38. The van der Waals surface area contributed by atoms with Crippen LogP contribution < -0.4 is 14.8 Å². The number of ether oxygens (including phenoxy) is 1. The Hall–Kier alpha value is -1.99. The van der Waals surface area contributed by atoms with Crippen molar-refractivity contribution in [1.82, 2.24) is 9.97 Å². The second-order valence-electron chi connectivity index (χ2n) is 8.59. The quantitative estimate of drug-likeness (QED) is 0.648. The highest BCUT2D eigenvalue weighted by Gasteiger charge is 2.31. The minimum absolute atomic E-state index is 0.568. The molecular weight excluding hydrogens is 382 g/mol. The predicted molar refractivity (Wildman–Crippen MR) is 117 cm³/mol. The first-order valence-electron chi connectivity index (χ1n) is 11.1. The van der Waals surface area contributed by atoms with Crippen LogP contribution in [-0.2, 0) is 17.6 Å². The molecule has 3 aliphatic rings. The number of fused-ring (bicyclic) bond motifs is 5. The number of aryl methyl sites for hydroxylation is 1. The van der Waals surface area contributed by atoms with Crippen molar-refractivity contribution in [2.75, 3.05) is 42.6 Å². The summed E-state index contributed by atoms with van der Waals surface area (Å²) in [6.45, 7) is 6.95. The van der Waals surface area contributed by atoms with E-state index in [9.17, 15) is 0 Å². The fourth-order valence-corrected chi connectivity index (χ4v) is 6.55. The standard InChI is InChI=1S/C22H27N5OS/c1-14-5-2-3-8-27(14)21-19-18(23-13-24-21)17-15-6-4-7-16(15)20(25-22(17)29-19)26-9-11-28-12-10-26/h13-14H,2-12H2,1H3/p+1/t14-/m1/s1. The molecule has 0 saturated carbocycles. The van der Waals surface area contributed by atoms with E-state index >= 15 is 0 Å². The molecule has 6 nitrogen and oxygen atoms in total. The summed E-state index contributed by atoms with van der Waals surface area (Å²) in [6.07, 6.45) is 9.25.